The number of methoxy groups -OCH3 is 1. The first-order valence-electron chi connectivity index (χ1n) is 9.11. The van der Waals surface area contributed by atoms with Gasteiger partial charge in [-0.15, -0.1) is 0 Å². The Hall–Kier alpha value is -3.60. The third-order valence-corrected chi connectivity index (χ3v) is 4.69. The Kier molecular flexibility index (Phi) is 4.81. The minimum absolute atomic E-state index is 0.372. The molecule has 1 atom stereocenters. The Bertz CT molecular complexity index is 1100. The monoisotopic (exact) mass is 371 g/mol. The highest BCUT2D eigenvalue weighted by atomic mass is 16.5. The summed E-state index contributed by atoms with van der Waals surface area (Å²) in [6.45, 7) is 2.03. The average molecular weight is 371 g/mol. The van der Waals surface area contributed by atoms with Gasteiger partial charge in [-0.2, -0.15) is 0 Å². The molecule has 28 heavy (non-hydrogen) atoms. The lowest BCUT2D eigenvalue weighted by Gasteiger charge is -2.19. The summed E-state index contributed by atoms with van der Waals surface area (Å²) in [4.78, 5) is 17.6. The summed E-state index contributed by atoms with van der Waals surface area (Å²) in [5.41, 5.74) is 5.21. The number of ether oxygens (including phenoxy) is 1. The van der Waals surface area contributed by atoms with Gasteiger partial charge in [0.15, 0.2) is 6.04 Å². The number of pyridine rings is 1. The van der Waals surface area contributed by atoms with Crippen molar-refractivity contribution in [2.24, 2.45) is 0 Å². The molecule has 1 unspecified atom stereocenters. The standard InChI is InChI=1S/C23H21N3O2/c1-16-11-13-18(14-12-16)24-21(23(27)28-2)22-20(17-8-4-3-5-9-17)25-19-10-6-7-15-26(19)22/h3-15,21,24H,1-2H3. The van der Waals surface area contributed by atoms with E-state index < -0.39 is 6.04 Å². The maximum absolute atomic E-state index is 12.8. The molecular weight excluding hydrogens is 350 g/mol. The molecule has 2 aromatic carbocycles. The molecule has 0 radical (unpaired) electrons. The molecule has 140 valence electrons. The van der Waals surface area contributed by atoms with Crippen molar-refractivity contribution in [2.45, 2.75) is 13.0 Å². The largest absolute Gasteiger partial charge is 0.467 e. The molecule has 4 aromatic rings. The number of anilines is 1. The van der Waals surface area contributed by atoms with Crippen LogP contribution in [0.3, 0.4) is 0 Å². The van der Waals surface area contributed by atoms with Gasteiger partial charge in [0, 0.05) is 17.4 Å². The van der Waals surface area contributed by atoms with Crippen LogP contribution in [0, 0.1) is 6.92 Å². The second kappa shape index (κ2) is 7.56. The Morgan fingerprint density at radius 3 is 2.43 bits per heavy atom. The number of fused-ring (bicyclic) bond motifs is 1. The molecule has 2 heterocycles. The first kappa shape index (κ1) is 17.8. The maximum atomic E-state index is 12.8. The molecular formula is C23H21N3O2. The van der Waals surface area contributed by atoms with Crippen LogP contribution in [0.25, 0.3) is 16.9 Å². The summed E-state index contributed by atoms with van der Waals surface area (Å²) in [5, 5.41) is 3.33. The summed E-state index contributed by atoms with van der Waals surface area (Å²) in [6.07, 6.45) is 1.91. The topological polar surface area (TPSA) is 55.6 Å². The minimum atomic E-state index is -0.708. The van der Waals surface area contributed by atoms with Crippen LogP contribution in [0.5, 0.6) is 0 Å². The number of carbonyl (C=O) groups is 1. The Labute approximate surface area is 163 Å². The molecule has 2 aromatic heterocycles. The van der Waals surface area contributed by atoms with Crippen molar-refractivity contribution in [3.63, 3.8) is 0 Å². The lowest BCUT2D eigenvalue weighted by atomic mass is 10.0. The van der Waals surface area contributed by atoms with Gasteiger partial charge in [0.05, 0.1) is 18.5 Å². The van der Waals surface area contributed by atoms with Crippen molar-refractivity contribution < 1.29 is 9.53 Å². The van der Waals surface area contributed by atoms with Crippen molar-refractivity contribution in [2.75, 3.05) is 12.4 Å². The number of nitrogens with zero attached hydrogens (tertiary/aromatic N) is 2. The molecule has 0 aliphatic heterocycles. The van der Waals surface area contributed by atoms with E-state index >= 15 is 0 Å². The zero-order chi connectivity index (χ0) is 19.5. The summed E-state index contributed by atoms with van der Waals surface area (Å²) in [6, 6.07) is 22.9. The zero-order valence-electron chi connectivity index (χ0n) is 15.8. The molecule has 0 bridgehead atoms. The highest BCUT2D eigenvalue weighted by molar-refractivity contribution is 5.84. The van der Waals surface area contributed by atoms with Gasteiger partial charge in [-0.25, -0.2) is 9.78 Å². The number of carbonyl (C=O) groups excluding carboxylic acids is 1. The number of hydrogen-bond donors (Lipinski definition) is 1. The predicted octanol–water partition coefficient (Wildman–Crippen LogP) is 4.64. The van der Waals surface area contributed by atoms with Crippen molar-refractivity contribution in [3.05, 3.63) is 90.3 Å². The molecule has 0 aliphatic rings. The summed E-state index contributed by atoms with van der Waals surface area (Å²) >= 11 is 0. The van der Waals surface area contributed by atoms with Crippen LogP contribution in [0.1, 0.15) is 17.3 Å². The maximum Gasteiger partial charge on any atom is 0.334 e. The van der Waals surface area contributed by atoms with E-state index in [1.807, 2.05) is 90.3 Å². The van der Waals surface area contributed by atoms with E-state index in [4.69, 9.17) is 9.72 Å². The third kappa shape index (κ3) is 3.34. The van der Waals surface area contributed by atoms with Gasteiger partial charge in [-0.05, 0) is 31.2 Å². The number of aromatic nitrogens is 2. The van der Waals surface area contributed by atoms with Gasteiger partial charge in [0.25, 0.3) is 0 Å². The number of nitrogens with one attached hydrogen (secondary N) is 1. The quantitative estimate of drug-likeness (QED) is 0.520. The lowest BCUT2D eigenvalue weighted by Crippen LogP contribution is -2.24. The highest BCUT2D eigenvalue weighted by Crippen LogP contribution is 2.32. The predicted molar refractivity (Wildman–Crippen MR) is 110 cm³/mol. The van der Waals surface area contributed by atoms with E-state index in [1.54, 1.807) is 0 Å². The summed E-state index contributed by atoms with van der Waals surface area (Å²) in [7, 11) is 1.40. The Morgan fingerprint density at radius 2 is 1.71 bits per heavy atom. The average Bonchev–Trinajstić information content (AvgIpc) is 3.13. The van der Waals surface area contributed by atoms with Gasteiger partial charge in [-0.3, -0.25) is 0 Å². The molecule has 0 amide bonds. The zero-order valence-corrected chi connectivity index (χ0v) is 15.8. The van der Waals surface area contributed by atoms with Gasteiger partial charge in [0.2, 0.25) is 0 Å². The third-order valence-electron chi connectivity index (χ3n) is 4.69. The number of imidazole rings is 1. The minimum Gasteiger partial charge on any atom is -0.467 e. The van der Waals surface area contributed by atoms with Crippen LogP contribution in [0.4, 0.5) is 5.69 Å². The van der Waals surface area contributed by atoms with Crippen molar-refractivity contribution in [1.29, 1.82) is 0 Å². The number of benzene rings is 2. The molecule has 0 saturated carbocycles. The number of rotatable bonds is 5. The molecule has 5 nitrogen and oxygen atoms in total. The fraction of sp³-hybridized carbons (Fsp3) is 0.130. The van der Waals surface area contributed by atoms with Gasteiger partial charge >= 0.3 is 5.97 Å². The van der Waals surface area contributed by atoms with Gasteiger partial charge < -0.3 is 14.5 Å². The molecule has 0 saturated heterocycles. The Morgan fingerprint density at radius 1 is 1.00 bits per heavy atom. The van der Waals surface area contributed by atoms with Crippen molar-refractivity contribution in [3.8, 4) is 11.3 Å². The molecule has 4 rings (SSSR count). The van der Waals surface area contributed by atoms with Crippen molar-refractivity contribution >= 4 is 17.3 Å². The molecule has 0 fully saturated rings. The van der Waals surface area contributed by atoms with E-state index in [9.17, 15) is 4.79 Å². The van der Waals surface area contributed by atoms with Crippen LogP contribution in [0.2, 0.25) is 0 Å². The lowest BCUT2D eigenvalue weighted by molar-refractivity contribution is -0.141. The summed E-state index contributed by atoms with van der Waals surface area (Å²) in [5.74, 6) is -0.372. The SMILES string of the molecule is COC(=O)C(Nc1ccc(C)cc1)c1c(-c2ccccc2)nc2ccccn12. The van der Waals surface area contributed by atoms with Crippen LogP contribution < -0.4 is 5.32 Å². The van der Waals surface area contributed by atoms with Gasteiger partial charge in [0.1, 0.15) is 5.65 Å². The van der Waals surface area contributed by atoms with Crippen molar-refractivity contribution in [1.82, 2.24) is 9.38 Å². The first-order valence-corrected chi connectivity index (χ1v) is 9.11. The fourth-order valence-corrected chi connectivity index (χ4v) is 3.27. The molecule has 1 N–H and O–H groups in total. The normalized spacial score (nSPS) is 11.9. The number of esters is 1. The fourth-order valence-electron chi connectivity index (χ4n) is 3.27. The number of hydrogen-bond acceptors (Lipinski definition) is 4. The van der Waals surface area contributed by atoms with E-state index in [-0.39, 0.29) is 5.97 Å². The van der Waals surface area contributed by atoms with Gasteiger partial charge in [-0.1, -0.05) is 54.1 Å². The van der Waals surface area contributed by atoms with E-state index in [0.29, 0.717) is 0 Å². The first-order chi connectivity index (χ1) is 13.7. The summed E-state index contributed by atoms with van der Waals surface area (Å²) < 4.78 is 7.06. The van der Waals surface area contributed by atoms with Crippen LogP contribution in [-0.4, -0.2) is 22.5 Å². The number of aryl methyl sites for hydroxylation is 1. The van der Waals surface area contributed by atoms with Crippen LogP contribution in [0.15, 0.2) is 79.0 Å². The molecule has 0 spiro atoms. The highest BCUT2D eigenvalue weighted by Gasteiger charge is 2.29. The molecule has 0 aliphatic carbocycles. The van der Waals surface area contributed by atoms with Crippen LogP contribution >= 0.6 is 0 Å². The second-order valence-corrected chi connectivity index (χ2v) is 6.61. The second-order valence-electron chi connectivity index (χ2n) is 6.61. The molecule has 5 heteroatoms. The van der Waals surface area contributed by atoms with Crippen LogP contribution in [-0.2, 0) is 9.53 Å². The smallest absolute Gasteiger partial charge is 0.334 e. The van der Waals surface area contributed by atoms with E-state index in [1.165, 1.54) is 7.11 Å². The van der Waals surface area contributed by atoms with E-state index in [0.717, 1.165) is 33.8 Å². The Balaban J connectivity index is 1.89. The van der Waals surface area contributed by atoms with E-state index in [2.05, 4.69) is 5.32 Å².